The van der Waals surface area contributed by atoms with Gasteiger partial charge < -0.3 is 15.0 Å². The predicted molar refractivity (Wildman–Crippen MR) is 115 cm³/mol. The van der Waals surface area contributed by atoms with Gasteiger partial charge in [-0.1, -0.05) is 23.2 Å². The topological polar surface area (TPSA) is 162 Å². The van der Waals surface area contributed by atoms with Crippen LogP contribution in [-0.2, 0) is 25.4 Å². The van der Waals surface area contributed by atoms with Crippen molar-refractivity contribution in [1.82, 2.24) is 24.1 Å². The third-order valence-corrected chi connectivity index (χ3v) is 4.66. The summed E-state index contributed by atoms with van der Waals surface area (Å²) in [5, 5.41) is 11.1. The van der Waals surface area contributed by atoms with Gasteiger partial charge in [0.1, 0.15) is 6.54 Å². The Hall–Kier alpha value is -3.64. The van der Waals surface area contributed by atoms with Gasteiger partial charge in [-0.2, -0.15) is 5.10 Å². The van der Waals surface area contributed by atoms with E-state index >= 15 is 0 Å². The van der Waals surface area contributed by atoms with Gasteiger partial charge in [-0.15, -0.1) is 0 Å². The molecule has 31 heavy (non-hydrogen) atoms. The number of aryl methyl sites for hydroxylation is 1. The summed E-state index contributed by atoms with van der Waals surface area (Å²) in [6, 6.07) is 2.82. The summed E-state index contributed by atoms with van der Waals surface area (Å²) in [7, 11) is 2.79. The lowest BCUT2D eigenvalue weighted by atomic mass is 10.2. The summed E-state index contributed by atoms with van der Waals surface area (Å²) in [6.45, 7) is -0.384. The van der Waals surface area contributed by atoms with Crippen LogP contribution in [0.3, 0.4) is 0 Å². The van der Waals surface area contributed by atoms with Gasteiger partial charge in [0.2, 0.25) is 5.96 Å². The van der Waals surface area contributed by atoms with E-state index in [0.29, 0.717) is 0 Å². The number of guanidine groups is 1. The highest BCUT2D eigenvalue weighted by Crippen LogP contribution is 2.31. The molecule has 0 saturated heterocycles. The maximum absolute atomic E-state index is 12.6. The first-order chi connectivity index (χ1) is 14.6. The highest BCUT2D eigenvalue weighted by atomic mass is 35.5. The molecule has 0 fully saturated rings. The van der Waals surface area contributed by atoms with Crippen LogP contribution in [0.1, 0.15) is 5.56 Å². The van der Waals surface area contributed by atoms with E-state index in [9.17, 15) is 14.4 Å². The molecule has 0 radical (unpaired) electrons. The van der Waals surface area contributed by atoms with Crippen molar-refractivity contribution < 1.29 is 9.53 Å². The van der Waals surface area contributed by atoms with Crippen molar-refractivity contribution in [2.45, 2.75) is 6.54 Å². The van der Waals surface area contributed by atoms with E-state index in [2.05, 4.69) is 15.5 Å². The molecule has 0 saturated carbocycles. The standard InChI is InChI=1S/C17H16Cl2N8O4/c1-25-14-12(15(29)26(2)17(25)30)27(7-22-14)6-11(28)31-13-8(5-23-24-16(20)21)3-9(18)4-10(13)19/h3-5,7H,6H2,1-2H3,(H4,20,21,24). The zero-order chi connectivity index (χ0) is 22.9. The Kier molecular flexibility index (Phi) is 6.13. The average molecular weight is 467 g/mol. The Labute approximate surface area is 184 Å². The predicted octanol–water partition coefficient (Wildman–Crippen LogP) is 0.163. The maximum Gasteiger partial charge on any atom is 0.332 e. The Bertz CT molecular complexity index is 1350. The number of esters is 1. The zero-order valence-electron chi connectivity index (χ0n) is 16.2. The first-order valence-electron chi connectivity index (χ1n) is 8.53. The van der Waals surface area contributed by atoms with Crippen LogP contribution >= 0.6 is 23.2 Å². The van der Waals surface area contributed by atoms with Crippen LogP contribution in [0.4, 0.5) is 0 Å². The number of carbonyl (C=O) groups is 1. The van der Waals surface area contributed by atoms with Crippen molar-refractivity contribution in [1.29, 1.82) is 5.41 Å². The number of fused-ring (bicyclic) bond motifs is 1. The Morgan fingerprint density at radius 3 is 2.71 bits per heavy atom. The van der Waals surface area contributed by atoms with Crippen LogP contribution in [-0.4, -0.2) is 36.8 Å². The first-order valence-corrected chi connectivity index (χ1v) is 9.29. The molecule has 0 amide bonds. The summed E-state index contributed by atoms with van der Waals surface area (Å²) in [6.07, 6.45) is 2.48. The largest absolute Gasteiger partial charge is 0.423 e. The van der Waals surface area contributed by atoms with E-state index in [4.69, 9.17) is 39.1 Å². The molecule has 2 heterocycles. The molecule has 3 rings (SSSR count). The number of nitrogens with one attached hydrogen (secondary N) is 2. The van der Waals surface area contributed by atoms with Crippen LogP contribution in [0.25, 0.3) is 11.2 Å². The Morgan fingerprint density at radius 1 is 1.32 bits per heavy atom. The minimum absolute atomic E-state index is 0.0325. The maximum atomic E-state index is 12.6. The molecule has 0 aliphatic heterocycles. The first kappa shape index (κ1) is 22.1. The summed E-state index contributed by atoms with van der Waals surface area (Å²) in [5.74, 6) is -1.20. The average Bonchev–Trinajstić information content (AvgIpc) is 3.10. The molecule has 0 atom stereocenters. The molecule has 0 spiro atoms. The molecular formula is C17H16Cl2N8O4. The lowest BCUT2D eigenvalue weighted by Gasteiger charge is -2.11. The SMILES string of the molecule is Cn1c(=O)c2c(ncn2CC(=O)Oc2c(Cl)cc(Cl)cc2C=NNC(=N)N)n(C)c1=O. The molecule has 162 valence electrons. The number of imidazole rings is 1. The van der Waals surface area contributed by atoms with Crippen LogP contribution in [0.2, 0.25) is 10.0 Å². The summed E-state index contributed by atoms with van der Waals surface area (Å²) in [5.41, 5.74) is 6.68. The molecule has 2 aromatic heterocycles. The van der Waals surface area contributed by atoms with E-state index in [0.717, 1.165) is 4.57 Å². The molecule has 0 unspecified atom stereocenters. The molecular weight excluding hydrogens is 451 g/mol. The number of carbonyl (C=O) groups excluding carboxylic acids is 1. The van der Waals surface area contributed by atoms with E-state index in [1.165, 1.54) is 47.9 Å². The zero-order valence-corrected chi connectivity index (χ0v) is 17.7. The lowest BCUT2D eigenvalue weighted by molar-refractivity contribution is -0.135. The molecule has 4 N–H and O–H groups in total. The molecule has 3 aromatic rings. The number of ether oxygens (including phenoxy) is 1. The van der Waals surface area contributed by atoms with Crippen LogP contribution < -0.4 is 27.1 Å². The number of halogens is 2. The van der Waals surface area contributed by atoms with Gasteiger partial charge in [0.15, 0.2) is 16.9 Å². The highest BCUT2D eigenvalue weighted by Gasteiger charge is 2.19. The van der Waals surface area contributed by atoms with Crippen LogP contribution in [0, 0.1) is 5.41 Å². The molecule has 0 aliphatic rings. The minimum atomic E-state index is -0.770. The van der Waals surface area contributed by atoms with Crippen molar-refractivity contribution in [2.24, 2.45) is 24.9 Å². The molecule has 14 heteroatoms. The second-order valence-corrected chi connectivity index (χ2v) is 7.16. The van der Waals surface area contributed by atoms with Gasteiger partial charge in [-0.05, 0) is 12.1 Å². The van der Waals surface area contributed by atoms with E-state index in [1.807, 2.05) is 0 Å². The minimum Gasteiger partial charge on any atom is -0.423 e. The van der Waals surface area contributed by atoms with Gasteiger partial charge in [-0.25, -0.2) is 20.0 Å². The number of nitrogens with zero attached hydrogens (tertiary/aromatic N) is 5. The quantitative estimate of drug-likeness (QED) is 0.158. The fourth-order valence-electron chi connectivity index (χ4n) is 2.76. The van der Waals surface area contributed by atoms with Crippen molar-refractivity contribution >= 4 is 52.5 Å². The number of aromatic nitrogens is 4. The second kappa shape index (κ2) is 8.62. The fraction of sp³-hybridized carbons (Fsp3) is 0.176. The van der Waals surface area contributed by atoms with Crippen molar-refractivity contribution in [3.63, 3.8) is 0 Å². The summed E-state index contributed by atoms with van der Waals surface area (Å²) in [4.78, 5) is 41.2. The molecule has 0 aliphatic carbocycles. The van der Waals surface area contributed by atoms with Gasteiger partial charge in [0.05, 0.1) is 17.6 Å². The number of rotatable bonds is 5. The Balaban J connectivity index is 1.93. The number of benzene rings is 1. The van der Waals surface area contributed by atoms with Gasteiger partial charge >= 0.3 is 11.7 Å². The van der Waals surface area contributed by atoms with Gasteiger partial charge in [0.25, 0.3) is 5.56 Å². The monoisotopic (exact) mass is 466 g/mol. The molecule has 12 nitrogen and oxygen atoms in total. The highest BCUT2D eigenvalue weighted by molar-refractivity contribution is 6.36. The lowest BCUT2D eigenvalue weighted by Crippen LogP contribution is -2.37. The van der Waals surface area contributed by atoms with E-state index in [-0.39, 0.29) is 39.1 Å². The number of hydrogen-bond acceptors (Lipinski definition) is 7. The van der Waals surface area contributed by atoms with Crippen molar-refractivity contribution in [2.75, 3.05) is 0 Å². The van der Waals surface area contributed by atoms with E-state index in [1.54, 1.807) is 0 Å². The Morgan fingerprint density at radius 2 is 2.03 bits per heavy atom. The number of hydrogen-bond donors (Lipinski definition) is 3. The molecule has 0 bridgehead atoms. The van der Waals surface area contributed by atoms with Crippen LogP contribution in [0.15, 0.2) is 33.2 Å². The van der Waals surface area contributed by atoms with Crippen molar-refractivity contribution in [3.8, 4) is 5.75 Å². The van der Waals surface area contributed by atoms with Gasteiger partial charge in [0, 0.05) is 24.7 Å². The smallest absolute Gasteiger partial charge is 0.332 e. The number of hydrazone groups is 1. The van der Waals surface area contributed by atoms with Gasteiger partial charge in [-0.3, -0.25) is 19.3 Å². The number of nitrogens with two attached hydrogens (primary N) is 1. The van der Waals surface area contributed by atoms with E-state index < -0.39 is 23.2 Å². The third kappa shape index (κ3) is 4.44. The fourth-order valence-corrected chi connectivity index (χ4v) is 3.30. The third-order valence-electron chi connectivity index (χ3n) is 4.16. The normalized spacial score (nSPS) is 11.2. The molecule has 1 aromatic carbocycles. The van der Waals surface area contributed by atoms with Crippen molar-refractivity contribution in [3.05, 3.63) is 54.9 Å². The summed E-state index contributed by atoms with van der Waals surface area (Å²) >= 11 is 12.1. The second-order valence-electron chi connectivity index (χ2n) is 6.31. The summed E-state index contributed by atoms with van der Waals surface area (Å²) < 4.78 is 8.76. The van der Waals surface area contributed by atoms with Crippen LogP contribution in [0.5, 0.6) is 5.75 Å².